The second kappa shape index (κ2) is 6.65. The third-order valence-electron chi connectivity index (χ3n) is 2.62. The van der Waals surface area contributed by atoms with Crippen LogP contribution in [0.15, 0.2) is 40.2 Å². The van der Waals surface area contributed by atoms with Crippen molar-refractivity contribution in [3.05, 3.63) is 60.7 Å². The normalized spacial score (nSPS) is 11.5. The van der Waals surface area contributed by atoms with E-state index in [1.165, 1.54) is 29.5 Å². The average Bonchev–Trinajstić information content (AvgIpc) is 2.82. The van der Waals surface area contributed by atoms with Crippen LogP contribution in [-0.2, 0) is 22.3 Å². The van der Waals surface area contributed by atoms with Gasteiger partial charge >= 0.3 is 0 Å². The molecule has 0 bridgehead atoms. The quantitative estimate of drug-likeness (QED) is 0.606. The SMILES string of the molecule is O=[N+]([O-])c1ccccc1CS(=O)(=O)NCc1cc(Br)cs1. The van der Waals surface area contributed by atoms with E-state index in [-0.39, 0.29) is 17.8 Å². The lowest BCUT2D eigenvalue weighted by Crippen LogP contribution is -2.24. The van der Waals surface area contributed by atoms with E-state index in [1.807, 2.05) is 11.4 Å². The van der Waals surface area contributed by atoms with Gasteiger partial charge in [0.2, 0.25) is 10.0 Å². The van der Waals surface area contributed by atoms with Gasteiger partial charge in [-0.1, -0.05) is 18.2 Å². The first-order valence-electron chi connectivity index (χ1n) is 5.80. The number of nitro benzene ring substituents is 1. The van der Waals surface area contributed by atoms with E-state index in [2.05, 4.69) is 20.7 Å². The second-order valence-corrected chi connectivity index (χ2v) is 7.92. The fourth-order valence-corrected chi connectivity index (χ4v) is 4.31. The largest absolute Gasteiger partial charge is 0.273 e. The molecule has 0 radical (unpaired) electrons. The van der Waals surface area contributed by atoms with Gasteiger partial charge in [0.15, 0.2) is 0 Å². The lowest BCUT2D eigenvalue weighted by Gasteiger charge is -2.06. The Bertz CT molecular complexity index is 758. The number of halogens is 1. The molecular weight excluding hydrogens is 380 g/mol. The van der Waals surface area contributed by atoms with Crippen molar-refractivity contribution in [2.24, 2.45) is 0 Å². The molecule has 0 aliphatic carbocycles. The first-order valence-corrected chi connectivity index (χ1v) is 9.12. The Morgan fingerprint density at radius 2 is 2.05 bits per heavy atom. The third-order valence-corrected chi connectivity index (χ3v) is 5.59. The van der Waals surface area contributed by atoms with Crippen molar-refractivity contribution in [1.82, 2.24) is 4.72 Å². The van der Waals surface area contributed by atoms with Gasteiger partial charge in [-0.2, -0.15) is 0 Å². The molecule has 1 N–H and O–H groups in total. The molecule has 2 aromatic rings. The molecule has 0 spiro atoms. The molecule has 0 fully saturated rings. The van der Waals surface area contributed by atoms with Crippen LogP contribution in [0.3, 0.4) is 0 Å². The van der Waals surface area contributed by atoms with Gasteiger partial charge in [0, 0.05) is 32.9 Å². The van der Waals surface area contributed by atoms with Crippen LogP contribution in [0.2, 0.25) is 0 Å². The molecule has 0 aliphatic rings. The van der Waals surface area contributed by atoms with Crippen LogP contribution in [0.1, 0.15) is 10.4 Å². The topological polar surface area (TPSA) is 89.3 Å². The maximum absolute atomic E-state index is 12.0. The Morgan fingerprint density at radius 1 is 1.33 bits per heavy atom. The predicted molar refractivity (Wildman–Crippen MR) is 84.6 cm³/mol. The molecule has 9 heteroatoms. The monoisotopic (exact) mass is 390 g/mol. The zero-order valence-corrected chi connectivity index (χ0v) is 13.9. The summed E-state index contributed by atoms with van der Waals surface area (Å²) in [5.41, 5.74) is -0.0240. The standard InChI is InChI=1S/C12H11BrN2O4S2/c13-10-5-11(20-7-10)6-14-21(18,19)8-9-3-1-2-4-12(9)15(16)17/h1-5,7,14H,6,8H2. The van der Waals surface area contributed by atoms with Crippen LogP contribution in [0, 0.1) is 10.1 Å². The molecule has 6 nitrogen and oxygen atoms in total. The maximum atomic E-state index is 12.0. The zero-order chi connectivity index (χ0) is 15.5. The molecule has 0 aliphatic heterocycles. The summed E-state index contributed by atoms with van der Waals surface area (Å²) in [6, 6.07) is 7.64. The Hall–Kier alpha value is -1.29. The second-order valence-electron chi connectivity index (χ2n) is 4.20. The number of sulfonamides is 1. The molecule has 0 saturated heterocycles. The number of hydrogen-bond acceptors (Lipinski definition) is 5. The Morgan fingerprint density at radius 3 is 2.67 bits per heavy atom. The summed E-state index contributed by atoms with van der Waals surface area (Å²) in [4.78, 5) is 11.1. The van der Waals surface area contributed by atoms with E-state index in [9.17, 15) is 18.5 Å². The lowest BCUT2D eigenvalue weighted by molar-refractivity contribution is -0.385. The number of nitro groups is 1. The molecule has 112 valence electrons. The fraction of sp³-hybridized carbons (Fsp3) is 0.167. The van der Waals surface area contributed by atoms with Crippen molar-refractivity contribution in [2.45, 2.75) is 12.3 Å². The number of thiophene rings is 1. The van der Waals surface area contributed by atoms with Crippen molar-refractivity contribution >= 4 is 43.0 Å². The molecule has 0 unspecified atom stereocenters. The first-order chi connectivity index (χ1) is 9.87. The van der Waals surface area contributed by atoms with Crippen molar-refractivity contribution in [1.29, 1.82) is 0 Å². The van der Waals surface area contributed by atoms with Crippen LogP contribution >= 0.6 is 27.3 Å². The van der Waals surface area contributed by atoms with Crippen LogP contribution < -0.4 is 4.72 Å². The highest BCUT2D eigenvalue weighted by Gasteiger charge is 2.19. The number of rotatable bonds is 6. The van der Waals surface area contributed by atoms with Crippen LogP contribution in [-0.4, -0.2) is 13.3 Å². The number of hydrogen-bond donors (Lipinski definition) is 1. The van der Waals surface area contributed by atoms with Gasteiger partial charge in [-0.25, -0.2) is 13.1 Å². The molecular formula is C12H11BrN2O4S2. The van der Waals surface area contributed by atoms with E-state index in [0.29, 0.717) is 0 Å². The molecule has 1 aromatic heterocycles. The van der Waals surface area contributed by atoms with Gasteiger partial charge in [0.1, 0.15) is 0 Å². The van der Waals surface area contributed by atoms with Gasteiger partial charge in [0.05, 0.1) is 10.7 Å². The van der Waals surface area contributed by atoms with Gasteiger partial charge in [-0.3, -0.25) is 10.1 Å². The molecule has 0 atom stereocenters. The molecule has 2 rings (SSSR count). The average molecular weight is 391 g/mol. The van der Waals surface area contributed by atoms with Crippen molar-refractivity contribution in [3.8, 4) is 0 Å². The minimum atomic E-state index is -3.64. The zero-order valence-electron chi connectivity index (χ0n) is 10.7. The number of para-hydroxylation sites is 1. The predicted octanol–water partition coefficient (Wildman–Crippen LogP) is 3.04. The van der Waals surface area contributed by atoms with Gasteiger partial charge in [0.25, 0.3) is 5.69 Å². The summed E-state index contributed by atoms with van der Waals surface area (Å²) in [6.07, 6.45) is 0. The highest BCUT2D eigenvalue weighted by atomic mass is 79.9. The minimum Gasteiger partial charge on any atom is -0.258 e. The smallest absolute Gasteiger partial charge is 0.258 e. The highest BCUT2D eigenvalue weighted by molar-refractivity contribution is 9.10. The summed E-state index contributed by atoms with van der Waals surface area (Å²) in [7, 11) is -3.64. The number of nitrogens with one attached hydrogen (secondary N) is 1. The van der Waals surface area contributed by atoms with E-state index < -0.39 is 20.7 Å². The number of benzene rings is 1. The molecule has 0 amide bonds. The van der Waals surface area contributed by atoms with Crippen LogP contribution in [0.4, 0.5) is 5.69 Å². The van der Waals surface area contributed by atoms with Crippen LogP contribution in [0.5, 0.6) is 0 Å². The summed E-state index contributed by atoms with van der Waals surface area (Å²) < 4.78 is 27.4. The Balaban J connectivity index is 2.09. The minimum absolute atomic E-state index is 0.166. The lowest BCUT2D eigenvalue weighted by atomic mass is 10.2. The molecule has 21 heavy (non-hydrogen) atoms. The van der Waals surface area contributed by atoms with Crippen molar-refractivity contribution in [3.63, 3.8) is 0 Å². The van der Waals surface area contributed by atoms with Gasteiger partial charge in [-0.15, -0.1) is 11.3 Å². The molecule has 1 aromatic carbocycles. The Kier molecular flexibility index (Phi) is 5.09. The van der Waals surface area contributed by atoms with E-state index in [1.54, 1.807) is 6.07 Å². The summed E-state index contributed by atoms with van der Waals surface area (Å²) in [6.45, 7) is 0.166. The summed E-state index contributed by atoms with van der Waals surface area (Å²) in [5.74, 6) is -0.420. The molecule has 1 heterocycles. The van der Waals surface area contributed by atoms with E-state index in [4.69, 9.17) is 0 Å². The van der Waals surface area contributed by atoms with Crippen molar-refractivity contribution in [2.75, 3.05) is 0 Å². The summed E-state index contributed by atoms with van der Waals surface area (Å²) >= 11 is 4.71. The van der Waals surface area contributed by atoms with Crippen molar-refractivity contribution < 1.29 is 13.3 Å². The highest BCUT2D eigenvalue weighted by Crippen LogP contribution is 2.21. The van der Waals surface area contributed by atoms with E-state index >= 15 is 0 Å². The third kappa shape index (κ3) is 4.60. The molecule has 0 saturated carbocycles. The van der Waals surface area contributed by atoms with Gasteiger partial charge in [-0.05, 0) is 22.0 Å². The fourth-order valence-electron chi connectivity index (χ4n) is 1.69. The van der Waals surface area contributed by atoms with E-state index in [0.717, 1.165) is 9.35 Å². The number of nitrogens with zero attached hydrogens (tertiary/aromatic N) is 1. The first kappa shape index (κ1) is 16.1. The maximum Gasteiger partial charge on any atom is 0.273 e. The summed E-state index contributed by atoms with van der Waals surface area (Å²) in [5, 5.41) is 12.7. The Labute approximate surface area is 134 Å². The van der Waals surface area contributed by atoms with Crippen LogP contribution in [0.25, 0.3) is 0 Å². The van der Waals surface area contributed by atoms with Gasteiger partial charge < -0.3 is 0 Å².